The van der Waals surface area contributed by atoms with Crippen LogP contribution in [0.4, 0.5) is 22.0 Å². The SMILES string of the molecule is I[I-]I.Oc1c(F)c(F)c(F)c(F)c1F.[Y]. The summed E-state index contributed by atoms with van der Waals surface area (Å²) in [4.78, 5) is 0. The van der Waals surface area contributed by atoms with Gasteiger partial charge in [0.15, 0.2) is 5.75 Å². The van der Waals surface area contributed by atoms with Crippen LogP contribution >= 0.6 is 37.2 Å². The maximum Gasteiger partial charge on any atom is 0.206 e. The average molecular weight is 654 g/mol. The molecule has 0 spiro atoms. The molecule has 0 amide bonds. The van der Waals surface area contributed by atoms with Crippen LogP contribution < -0.4 is 13.3 Å². The van der Waals surface area contributed by atoms with E-state index in [9.17, 15) is 22.0 Å². The minimum atomic E-state index is -2.29. The van der Waals surface area contributed by atoms with Gasteiger partial charge in [-0.3, -0.25) is 0 Å². The molecular weight excluding hydrogens is 653 g/mol. The molecule has 16 heavy (non-hydrogen) atoms. The van der Waals surface area contributed by atoms with Crippen molar-refractivity contribution in [3.63, 3.8) is 0 Å². The molecule has 0 fully saturated rings. The summed E-state index contributed by atoms with van der Waals surface area (Å²) >= 11 is 5.30. The van der Waals surface area contributed by atoms with E-state index in [1.54, 1.807) is 0 Å². The molecule has 1 rings (SSSR count). The van der Waals surface area contributed by atoms with Gasteiger partial charge in [-0.15, -0.1) is 0 Å². The first-order chi connectivity index (χ1) is 6.88. The molecule has 1 N–H and O–H groups in total. The number of phenols is 1. The van der Waals surface area contributed by atoms with E-state index in [2.05, 4.69) is 37.2 Å². The summed E-state index contributed by atoms with van der Waals surface area (Å²) in [5.74, 6) is -12.9. The van der Waals surface area contributed by atoms with Crippen molar-refractivity contribution >= 4 is 37.2 Å². The van der Waals surface area contributed by atoms with Crippen LogP contribution in [0.25, 0.3) is 0 Å². The van der Waals surface area contributed by atoms with Gasteiger partial charge in [0.2, 0.25) is 29.1 Å². The Morgan fingerprint density at radius 2 is 0.938 bits per heavy atom. The third kappa shape index (κ3) is 5.30. The maximum atomic E-state index is 12.2. The van der Waals surface area contributed by atoms with Gasteiger partial charge in [-0.25, -0.2) is 13.2 Å². The molecule has 0 aliphatic carbocycles. The minimum absolute atomic E-state index is 0. The molecule has 0 saturated heterocycles. The first-order valence-electron chi connectivity index (χ1n) is 2.95. The van der Waals surface area contributed by atoms with Crippen molar-refractivity contribution in [2.75, 3.05) is 0 Å². The Kier molecular flexibility index (Phi) is 12.5. The van der Waals surface area contributed by atoms with Crippen molar-refractivity contribution in [2.24, 2.45) is 0 Å². The van der Waals surface area contributed by atoms with Crippen LogP contribution in [0.2, 0.25) is 0 Å². The molecule has 0 aliphatic rings. The molecule has 0 aromatic heterocycles. The summed E-state index contributed by atoms with van der Waals surface area (Å²) in [6, 6.07) is 0. The number of aromatic hydroxyl groups is 1. The second-order valence-electron chi connectivity index (χ2n) is 1.97. The fraction of sp³-hybridized carbons (Fsp3) is 0. The van der Waals surface area contributed by atoms with Gasteiger partial charge in [-0.1, -0.05) is 0 Å². The quantitative estimate of drug-likeness (QED) is 0.191. The molecule has 1 aromatic rings. The molecule has 0 saturated carbocycles. The number of hydrogen-bond acceptors (Lipinski definition) is 1. The van der Waals surface area contributed by atoms with Crippen LogP contribution in [0.1, 0.15) is 0 Å². The van der Waals surface area contributed by atoms with Crippen molar-refractivity contribution in [1.29, 1.82) is 0 Å². The van der Waals surface area contributed by atoms with Crippen LogP contribution in [0, 0.1) is 29.1 Å². The topological polar surface area (TPSA) is 20.2 Å². The smallest absolute Gasteiger partial charge is 0.206 e. The summed E-state index contributed by atoms with van der Waals surface area (Å²) in [5, 5.41) is 8.30. The zero-order valence-electron chi connectivity index (χ0n) is 7.05. The van der Waals surface area contributed by atoms with Gasteiger partial charge in [0.05, 0.1) is 0 Å². The van der Waals surface area contributed by atoms with E-state index >= 15 is 0 Å². The van der Waals surface area contributed by atoms with Gasteiger partial charge in [-0.2, -0.15) is 8.78 Å². The number of rotatable bonds is 0. The summed E-state index contributed by atoms with van der Waals surface area (Å²) in [5.41, 5.74) is 0. The summed E-state index contributed by atoms with van der Waals surface area (Å²) in [7, 11) is 0. The molecule has 1 aromatic carbocycles. The fourth-order valence-corrected chi connectivity index (χ4v) is 0.593. The Balaban J connectivity index is 0. The Hall–Kier alpha value is 1.96. The van der Waals surface area contributed by atoms with Crippen molar-refractivity contribution in [3.05, 3.63) is 29.1 Å². The van der Waals surface area contributed by atoms with Gasteiger partial charge in [0, 0.05) is 32.7 Å². The van der Waals surface area contributed by atoms with E-state index in [0.29, 0.717) is 13.3 Å². The average Bonchev–Trinajstić information content (AvgIpc) is 2.22. The second-order valence-corrected chi connectivity index (χ2v) is 18.2. The van der Waals surface area contributed by atoms with Crippen LogP contribution in [0.3, 0.4) is 0 Å². The molecule has 0 atom stereocenters. The molecular formula is C6HF5I3OY-. The number of hydrogen-bond donors (Lipinski definition) is 1. The fourth-order valence-electron chi connectivity index (χ4n) is 0.593. The van der Waals surface area contributed by atoms with Crippen LogP contribution in [-0.2, 0) is 32.7 Å². The van der Waals surface area contributed by atoms with Crippen LogP contribution in [0.15, 0.2) is 0 Å². The number of halogens is 8. The van der Waals surface area contributed by atoms with E-state index in [4.69, 9.17) is 5.11 Å². The molecule has 91 valence electrons. The molecule has 0 aliphatic heterocycles. The summed E-state index contributed by atoms with van der Waals surface area (Å²) in [6.45, 7) is 0. The number of phenolic OH excluding ortho intramolecular Hbond substituents is 1. The molecule has 1 radical (unpaired) electrons. The normalized spacial score (nSPS) is 9.19. The number of benzene rings is 1. The van der Waals surface area contributed by atoms with E-state index in [1.165, 1.54) is 0 Å². The Morgan fingerprint density at radius 3 is 1.19 bits per heavy atom. The molecule has 10 heteroatoms. The zero-order chi connectivity index (χ0) is 12.2. The van der Waals surface area contributed by atoms with Crippen molar-refractivity contribution in [3.8, 4) is 5.75 Å². The Labute approximate surface area is 142 Å². The van der Waals surface area contributed by atoms with E-state index in [1.807, 2.05) is 0 Å². The first kappa shape index (κ1) is 20.3. The van der Waals surface area contributed by atoms with Gasteiger partial charge >= 0.3 is 50.5 Å². The monoisotopic (exact) mass is 654 g/mol. The maximum absolute atomic E-state index is 12.2. The van der Waals surface area contributed by atoms with Crippen LogP contribution in [-0.4, -0.2) is 5.11 Å². The molecule has 1 nitrogen and oxygen atoms in total. The predicted octanol–water partition coefficient (Wildman–Crippen LogP) is 0.861. The second kappa shape index (κ2) is 9.84. The molecule has 0 heterocycles. The van der Waals surface area contributed by atoms with Gasteiger partial charge < -0.3 is 5.11 Å². The standard InChI is InChI=1S/C6HF5O.I3.Y/c7-1-2(8)4(10)6(12)5(11)3(1)9;1-3-2;/h12H;;/q;-1;. The van der Waals surface area contributed by atoms with E-state index in [0.717, 1.165) is 0 Å². The third-order valence-corrected chi connectivity index (χ3v) is 1.19. The zero-order valence-corrected chi connectivity index (χ0v) is 16.4. The van der Waals surface area contributed by atoms with Crippen molar-refractivity contribution < 1.29 is 73.0 Å². The summed E-state index contributed by atoms with van der Waals surface area (Å²) < 4.78 is 60.6. The van der Waals surface area contributed by atoms with Crippen LogP contribution in [0.5, 0.6) is 5.75 Å². The molecule has 0 bridgehead atoms. The van der Waals surface area contributed by atoms with E-state index in [-0.39, 0.29) is 32.7 Å². The summed E-state index contributed by atoms with van der Waals surface area (Å²) in [6.07, 6.45) is 0. The van der Waals surface area contributed by atoms with Gasteiger partial charge in [0.25, 0.3) is 0 Å². The Morgan fingerprint density at radius 1 is 0.750 bits per heavy atom. The minimum Gasteiger partial charge on any atom is -0.503 e. The largest absolute Gasteiger partial charge is 0.503 e. The van der Waals surface area contributed by atoms with Crippen molar-refractivity contribution in [1.82, 2.24) is 0 Å². The Bertz CT molecular complexity index is 260. The predicted molar refractivity (Wildman–Crippen MR) is 55.9 cm³/mol. The molecule has 0 unspecified atom stereocenters. The first-order valence-corrected chi connectivity index (χ1v) is 15.5. The third-order valence-electron chi connectivity index (χ3n) is 1.19. The van der Waals surface area contributed by atoms with Crippen molar-refractivity contribution in [2.45, 2.75) is 0 Å². The van der Waals surface area contributed by atoms with Gasteiger partial charge in [0.1, 0.15) is 0 Å². The van der Waals surface area contributed by atoms with E-state index < -0.39 is 34.8 Å². The van der Waals surface area contributed by atoms with Gasteiger partial charge in [-0.05, 0) is 0 Å².